The van der Waals surface area contributed by atoms with E-state index in [1.54, 1.807) is 0 Å². The molecule has 0 unspecified atom stereocenters. The van der Waals surface area contributed by atoms with E-state index in [1.807, 2.05) is 0 Å². The van der Waals surface area contributed by atoms with Gasteiger partial charge in [-0.05, 0) is 40.0 Å². The van der Waals surface area contributed by atoms with Crippen LogP contribution < -0.4 is 5.32 Å². The van der Waals surface area contributed by atoms with Crippen molar-refractivity contribution in [2.45, 2.75) is 65.0 Å². The Balaban J connectivity index is 2.35. The van der Waals surface area contributed by atoms with Crippen LogP contribution in [0.4, 0.5) is 0 Å². The highest BCUT2D eigenvalue weighted by Gasteiger charge is 2.14. The Morgan fingerprint density at radius 3 is 2.69 bits per heavy atom. The maximum atomic E-state index is 3.69. The van der Waals surface area contributed by atoms with Crippen molar-refractivity contribution >= 4 is 0 Å². The van der Waals surface area contributed by atoms with Gasteiger partial charge in [0.1, 0.15) is 0 Å². The molecule has 0 saturated carbocycles. The number of hydrogen-bond acceptors (Lipinski definition) is 1. The molecule has 1 aliphatic rings. The molecule has 1 heterocycles. The highest BCUT2D eigenvalue weighted by atomic mass is 14.9. The van der Waals surface area contributed by atoms with Gasteiger partial charge in [-0.25, -0.2) is 0 Å². The van der Waals surface area contributed by atoms with Crippen LogP contribution in [0.5, 0.6) is 0 Å². The van der Waals surface area contributed by atoms with E-state index < -0.39 is 0 Å². The Labute approximate surface area is 82.6 Å². The van der Waals surface area contributed by atoms with E-state index in [0.717, 1.165) is 12.1 Å². The molecular formula is C12H23N. The molecular weight excluding hydrogens is 158 g/mol. The molecule has 0 aromatic carbocycles. The Morgan fingerprint density at radius 2 is 2.00 bits per heavy atom. The minimum atomic E-state index is 0.720. The third kappa shape index (κ3) is 4.47. The third-order valence-electron chi connectivity index (χ3n) is 2.77. The van der Waals surface area contributed by atoms with Crippen molar-refractivity contribution in [2.75, 3.05) is 0 Å². The molecule has 13 heavy (non-hydrogen) atoms. The van der Waals surface area contributed by atoms with Gasteiger partial charge >= 0.3 is 0 Å². The van der Waals surface area contributed by atoms with Crippen LogP contribution in [0, 0.1) is 0 Å². The molecule has 1 rings (SSSR count). The molecule has 1 heteroatoms. The zero-order valence-electron chi connectivity index (χ0n) is 9.27. The normalized spacial score (nSPS) is 29.5. The fourth-order valence-corrected chi connectivity index (χ4v) is 1.97. The molecule has 1 aliphatic heterocycles. The summed E-state index contributed by atoms with van der Waals surface area (Å²) >= 11 is 0. The van der Waals surface area contributed by atoms with Crippen LogP contribution in [0.25, 0.3) is 0 Å². The SMILES string of the molecule is CC(C)=CC[C@H]1CCCC[C@@H](C)N1. The predicted octanol–water partition coefficient (Wildman–Crippen LogP) is 3.26. The first kappa shape index (κ1) is 10.8. The fourth-order valence-electron chi connectivity index (χ4n) is 1.97. The number of rotatable bonds is 2. The van der Waals surface area contributed by atoms with Crippen molar-refractivity contribution in [2.24, 2.45) is 0 Å². The van der Waals surface area contributed by atoms with Crippen LogP contribution in [-0.2, 0) is 0 Å². The van der Waals surface area contributed by atoms with Gasteiger partial charge in [0.25, 0.3) is 0 Å². The predicted molar refractivity (Wildman–Crippen MR) is 58.9 cm³/mol. The maximum Gasteiger partial charge on any atom is 0.0104 e. The number of nitrogens with one attached hydrogen (secondary N) is 1. The van der Waals surface area contributed by atoms with Crippen molar-refractivity contribution in [3.05, 3.63) is 11.6 Å². The largest absolute Gasteiger partial charge is 0.311 e. The minimum Gasteiger partial charge on any atom is -0.311 e. The van der Waals surface area contributed by atoms with Crippen LogP contribution in [0.15, 0.2) is 11.6 Å². The van der Waals surface area contributed by atoms with Crippen molar-refractivity contribution in [1.29, 1.82) is 0 Å². The van der Waals surface area contributed by atoms with E-state index in [1.165, 1.54) is 37.7 Å². The van der Waals surface area contributed by atoms with Crippen LogP contribution >= 0.6 is 0 Å². The second-order valence-corrected chi connectivity index (χ2v) is 4.57. The average Bonchev–Trinajstić information content (AvgIpc) is 2.26. The van der Waals surface area contributed by atoms with E-state index in [2.05, 4.69) is 32.2 Å². The van der Waals surface area contributed by atoms with Gasteiger partial charge in [-0.3, -0.25) is 0 Å². The van der Waals surface area contributed by atoms with Gasteiger partial charge in [0, 0.05) is 12.1 Å². The van der Waals surface area contributed by atoms with E-state index >= 15 is 0 Å². The molecule has 2 atom stereocenters. The highest BCUT2D eigenvalue weighted by molar-refractivity contribution is 4.96. The Bertz CT molecular complexity index is 168. The molecule has 0 radical (unpaired) electrons. The average molecular weight is 181 g/mol. The van der Waals surface area contributed by atoms with Crippen LogP contribution in [0.3, 0.4) is 0 Å². The summed E-state index contributed by atoms with van der Waals surface area (Å²) < 4.78 is 0. The van der Waals surface area contributed by atoms with Crippen molar-refractivity contribution < 1.29 is 0 Å². The third-order valence-corrected chi connectivity index (χ3v) is 2.77. The lowest BCUT2D eigenvalue weighted by Crippen LogP contribution is -2.34. The van der Waals surface area contributed by atoms with E-state index in [-0.39, 0.29) is 0 Å². The van der Waals surface area contributed by atoms with Crippen LogP contribution in [-0.4, -0.2) is 12.1 Å². The van der Waals surface area contributed by atoms with E-state index in [9.17, 15) is 0 Å². The molecule has 0 aromatic rings. The first-order chi connectivity index (χ1) is 6.18. The quantitative estimate of drug-likeness (QED) is 0.645. The molecule has 1 saturated heterocycles. The summed E-state index contributed by atoms with van der Waals surface area (Å²) in [4.78, 5) is 0. The topological polar surface area (TPSA) is 12.0 Å². The fraction of sp³-hybridized carbons (Fsp3) is 0.833. The van der Waals surface area contributed by atoms with Crippen molar-refractivity contribution in [1.82, 2.24) is 5.32 Å². The second kappa shape index (κ2) is 5.43. The Kier molecular flexibility index (Phi) is 4.51. The summed E-state index contributed by atoms with van der Waals surface area (Å²) in [5.41, 5.74) is 1.44. The Morgan fingerprint density at radius 1 is 1.31 bits per heavy atom. The van der Waals surface area contributed by atoms with Gasteiger partial charge < -0.3 is 5.32 Å². The molecule has 0 aliphatic carbocycles. The van der Waals surface area contributed by atoms with Crippen molar-refractivity contribution in [3.8, 4) is 0 Å². The lowest BCUT2D eigenvalue weighted by atomic mass is 10.1. The summed E-state index contributed by atoms with van der Waals surface area (Å²) in [5.74, 6) is 0. The van der Waals surface area contributed by atoms with Gasteiger partial charge in [0.2, 0.25) is 0 Å². The molecule has 0 amide bonds. The maximum absolute atomic E-state index is 3.69. The lowest BCUT2D eigenvalue weighted by molar-refractivity contribution is 0.451. The van der Waals surface area contributed by atoms with E-state index in [0.29, 0.717) is 0 Å². The Hall–Kier alpha value is -0.300. The van der Waals surface area contributed by atoms with E-state index in [4.69, 9.17) is 0 Å². The summed E-state index contributed by atoms with van der Waals surface area (Å²) in [6.45, 7) is 6.67. The summed E-state index contributed by atoms with van der Waals surface area (Å²) in [6.07, 6.45) is 9.08. The van der Waals surface area contributed by atoms with Gasteiger partial charge in [0.05, 0.1) is 0 Å². The minimum absolute atomic E-state index is 0.720. The molecule has 0 aromatic heterocycles. The first-order valence-corrected chi connectivity index (χ1v) is 5.58. The van der Waals surface area contributed by atoms with Crippen molar-refractivity contribution in [3.63, 3.8) is 0 Å². The van der Waals surface area contributed by atoms with Gasteiger partial charge in [-0.15, -0.1) is 0 Å². The highest BCUT2D eigenvalue weighted by Crippen LogP contribution is 2.15. The van der Waals surface area contributed by atoms with Crippen LogP contribution in [0.1, 0.15) is 52.9 Å². The first-order valence-electron chi connectivity index (χ1n) is 5.58. The smallest absolute Gasteiger partial charge is 0.0104 e. The number of hydrogen-bond donors (Lipinski definition) is 1. The molecule has 76 valence electrons. The monoisotopic (exact) mass is 181 g/mol. The zero-order chi connectivity index (χ0) is 9.68. The standard InChI is InChI=1S/C12H23N/c1-10(2)8-9-12-7-5-4-6-11(3)13-12/h8,11-13H,4-7,9H2,1-3H3/t11-,12-/m1/s1. The number of allylic oxidation sites excluding steroid dienone is 1. The molecule has 0 bridgehead atoms. The summed E-state index contributed by atoms with van der Waals surface area (Å²) in [7, 11) is 0. The zero-order valence-corrected chi connectivity index (χ0v) is 9.27. The molecule has 1 N–H and O–H groups in total. The molecule has 1 nitrogen and oxygen atoms in total. The van der Waals surface area contributed by atoms with Gasteiger partial charge in [-0.2, -0.15) is 0 Å². The molecule has 1 fully saturated rings. The van der Waals surface area contributed by atoms with Gasteiger partial charge in [0.15, 0.2) is 0 Å². The lowest BCUT2D eigenvalue weighted by Gasteiger charge is -2.18. The van der Waals surface area contributed by atoms with Crippen LogP contribution in [0.2, 0.25) is 0 Å². The van der Waals surface area contributed by atoms with Gasteiger partial charge in [-0.1, -0.05) is 24.5 Å². The summed E-state index contributed by atoms with van der Waals surface area (Å²) in [5, 5.41) is 3.69. The molecule has 0 spiro atoms. The summed E-state index contributed by atoms with van der Waals surface area (Å²) in [6, 6.07) is 1.45. The second-order valence-electron chi connectivity index (χ2n) is 4.57.